The minimum atomic E-state index is -0.346. The van der Waals surface area contributed by atoms with E-state index in [0.717, 1.165) is 17.0 Å². The Morgan fingerprint density at radius 3 is 2.93 bits per heavy atom. The molecule has 2 aromatic heterocycles. The van der Waals surface area contributed by atoms with Gasteiger partial charge in [-0.05, 0) is 32.0 Å². The van der Waals surface area contributed by atoms with E-state index in [4.69, 9.17) is 9.47 Å². The molecule has 1 aromatic carbocycles. The molecule has 27 heavy (non-hydrogen) atoms. The molecular formula is C17H17N5O3S2. The van der Waals surface area contributed by atoms with Gasteiger partial charge in [-0.1, -0.05) is 11.8 Å². The van der Waals surface area contributed by atoms with Gasteiger partial charge < -0.3 is 19.4 Å². The first-order valence-corrected chi connectivity index (χ1v) is 9.96. The number of rotatable bonds is 5. The van der Waals surface area contributed by atoms with Gasteiger partial charge in [0.2, 0.25) is 12.7 Å². The normalized spacial score (nSPS) is 13.6. The van der Waals surface area contributed by atoms with Crippen molar-refractivity contribution in [3.8, 4) is 22.9 Å². The number of carbonyl (C=O) groups is 1. The number of nitrogens with zero attached hydrogens (tertiary/aromatic N) is 4. The van der Waals surface area contributed by atoms with Crippen LogP contribution in [0, 0.1) is 6.92 Å². The molecule has 0 saturated heterocycles. The Bertz CT molecular complexity index is 1000. The van der Waals surface area contributed by atoms with Crippen LogP contribution in [0.5, 0.6) is 11.5 Å². The Kier molecular flexibility index (Phi) is 4.75. The van der Waals surface area contributed by atoms with E-state index < -0.39 is 0 Å². The largest absolute Gasteiger partial charge is 0.454 e. The molecule has 3 aromatic rings. The van der Waals surface area contributed by atoms with E-state index in [2.05, 4.69) is 20.5 Å². The zero-order chi connectivity index (χ0) is 19.0. The van der Waals surface area contributed by atoms with Gasteiger partial charge in [0.05, 0.1) is 10.9 Å². The van der Waals surface area contributed by atoms with Crippen molar-refractivity contribution in [3.63, 3.8) is 0 Å². The van der Waals surface area contributed by atoms with E-state index in [1.54, 1.807) is 0 Å². The second-order valence-electron chi connectivity index (χ2n) is 5.98. The van der Waals surface area contributed by atoms with Crippen LogP contribution in [0.15, 0.2) is 28.7 Å². The number of hydrogen-bond acceptors (Lipinski definition) is 8. The number of anilines is 1. The van der Waals surface area contributed by atoms with Crippen LogP contribution in [0.3, 0.4) is 0 Å². The number of amides is 1. The van der Waals surface area contributed by atoms with Gasteiger partial charge in [0.1, 0.15) is 0 Å². The second kappa shape index (κ2) is 7.20. The first-order chi connectivity index (χ1) is 13.0. The molecule has 0 radical (unpaired) electrons. The summed E-state index contributed by atoms with van der Waals surface area (Å²) in [6.07, 6.45) is 0. The first kappa shape index (κ1) is 17.8. The first-order valence-electron chi connectivity index (χ1n) is 8.20. The van der Waals surface area contributed by atoms with E-state index in [9.17, 15) is 4.79 Å². The molecule has 140 valence electrons. The minimum Gasteiger partial charge on any atom is -0.454 e. The predicted octanol–water partition coefficient (Wildman–Crippen LogP) is 3.10. The number of benzene rings is 1. The summed E-state index contributed by atoms with van der Waals surface area (Å²) in [4.78, 5) is 16.6. The average molecular weight is 403 g/mol. The number of hydrogen-bond donors (Lipinski definition) is 1. The van der Waals surface area contributed by atoms with Crippen molar-refractivity contribution < 1.29 is 14.3 Å². The number of thioether (sulfide) groups is 1. The summed E-state index contributed by atoms with van der Waals surface area (Å²) in [6, 6.07) is 5.64. The Labute approximate surface area is 163 Å². The van der Waals surface area contributed by atoms with Crippen molar-refractivity contribution in [2.75, 3.05) is 12.1 Å². The van der Waals surface area contributed by atoms with Crippen LogP contribution in [-0.4, -0.2) is 37.7 Å². The summed E-state index contributed by atoms with van der Waals surface area (Å²) in [6.45, 7) is 3.95. The lowest BCUT2D eigenvalue weighted by Crippen LogP contribution is -2.22. The highest BCUT2D eigenvalue weighted by Gasteiger charge is 2.21. The van der Waals surface area contributed by atoms with Crippen LogP contribution < -0.4 is 14.8 Å². The van der Waals surface area contributed by atoms with Crippen molar-refractivity contribution >= 4 is 34.1 Å². The van der Waals surface area contributed by atoms with Gasteiger partial charge in [-0.3, -0.25) is 4.79 Å². The van der Waals surface area contributed by atoms with Crippen LogP contribution in [0.2, 0.25) is 0 Å². The molecule has 0 saturated carbocycles. The highest BCUT2D eigenvalue weighted by atomic mass is 32.2. The number of carbonyl (C=O) groups excluding carboxylic acids is 1. The van der Waals surface area contributed by atoms with Crippen molar-refractivity contribution in [3.05, 3.63) is 29.3 Å². The third kappa shape index (κ3) is 3.62. The summed E-state index contributed by atoms with van der Waals surface area (Å²) >= 11 is 2.75. The molecule has 1 aliphatic heterocycles. The molecular weight excluding hydrogens is 386 g/mol. The molecule has 1 atom stereocenters. The van der Waals surface area contributed by atoms with Crippen LogP contribution in [0.1, 0.15) is 12.6 Å². The molecule has 0 bridgehead atoms. The van der Waals surface area contributed by atoms with Crippen molar-refractivity contribution in [2.24, 2.45) is 7.05 Å². The molecule has 1 aliphatic rings. The highest BCUT2D eigenvalue weighted by molar-refractivity contribution is 8.00. The number of aryl methyl sites for hydroxylation is 1. The molecule has 4 rings (SSSR count). The molecule has 3 heterocycles. The topological polar surface area (TPSA) is 91.2 Å². The zero-order valence-electron chi connectivity index (χ0n) is 14.9. The molecule has 10 heteroatoms. The van der Waals surface area contributed by atoms with Gasteiger partial charge in [-0.2, -0.15) is 0 Å². The van der Waals surface area contributed by atoms with E-state index >= 15 is 0 Å². The second-order valence-corrected chi connectivity index (χ2v) is 8.14. The van der Waals surface area contributed by atoms with Crippen LogP contribution in [0.25, 0.3) is 11.4 Å². The molecule has 1 N–H and O–H groups in total. The number of fused-ring (bicyclic) bond motifs is 1. The van der Waals surface area contributed by atoms with Crippen molar-refractivity contribution in [2.45, 2.75) is 24.3 Å². The number of ether oxygens (including phenoxy) is 2. The summed E-state index contributed by atoms with van der Waals surface area (Å²) in [5.41, 5.74) is 1.76. The fourth-order valence-corrected chi connectivity index (χ4v) is 4.04. The standard InChI is InChI=1S/C17H17N5O3S2/c1-9-7-26-16(18-9)19-15(23)10(2)27-17-21-20-14(22(17)3)11-4-5-12-13(6-11)25-8-24-12/h4-7,10H,8H2,1-3H3,(H,18,19,23)/t10-/m1/s1. The summed E-state index contributed by atoms with van der Waals surface area (Å²) in [5.74, 6) is 1.98. The van der Waals surface area contributed by atoms with Crippen molar-refractivity contribution in [1.82, 2.24) is 19.7 Å². The van der Waals surface area contributed by atoms with Gasteiger partial charge in [0.25, 0.3) is 0 Å². The van der Waals surface area contributed by atoms with Gasteiger partial charge in [-0.15, -0.1) is 21.5 Å². The van der Waals surface area contributed by atoms with Gasteiger partial charge in [-0.25, -0.2) is 4.98 Å². The van der Waals surface area contributed by atoms with Crippen LogP contribution in [0.4, 0.5) is 5.13 Å². The number of aromatic nitrogens is 4. The van der Waals surface area contributed by atoms with Gasteiger partial charge >= 0.3 is 0 Å². The molecule has 1 amide bonds. The van der Waals surface area contributed by atoms with E-state index in [1.165, 1.54) is 23.1 Å². The zero-order valence-corrected chi connectivity index (χ0v) is 16.6. The molecule has 0 aliphatic carbocycles. The maximum Gasteiger partial charge on any atom is 0.239 e. The fraction of sp³-hybridized carbons (Fsp3) is 0.294. The lowest BCUT2D eigenvalue weighted by molar-refractivity contribution is -0.115. The van der Waals surface area contributed by atoms with E-state index in [0.29, 0.717) is 21.9 Å². The minimum absolute atomic E-state index is 0.123. The SMILES string of the molecule is Cc1csc(NC(=O)[C@@H](C)Sc2nnc(-c3ccc4c(c3)OCO4)n2C)n1. The highest BCUT2D eigenvalue weighted by Crippen LogP contribution is 2.36. The van der Waals surface area contributed by atoms with Gasteiger partial charge in [0, 0.05) is 18.0 Å². The van der Waals surface area contributed by atoms with Gasteiger partial charge in [0.15, 0.2) is 27.6 Å². The summed E-state index contributed by atoms with van der Waals surface area (Å²) in [5, 5.41) is 14.1. The van der Waals surface area contributed by atoms with E-state index in [1.807, 2.05) is 49.0 Å². The summed E-state index contributed by atoms with van der Waals surface area (Å²) < 4.78 is 12.6. The third-order valence-electron chi connectivity index (χ3n) is 3.97. The molecule has 0 spiro atoms. The lowest BCUT2D eigenvalue weighted by Gasteiger charge is -2.10. The quantitative estimate of drug-likeness (QED) is 0.655. The Hall–Kier alpha value is -2.59. The maximum atomic E-state index is 12.4. The number of thiazole rings is 1. The monoisotopic (exact) mass is 403 g/mol. The number of nitrogens with one attached hydrogen (secondary N) is 1. The molecule has 0 fully saturated rings. The average Bonchev–Trinajstić information content (AvgIpc) is 3.36. The van der Waals surface area contributed by atoms with Crippen LogP contribution in [-0.2, 0) is 11.8 Å². The third-order valence-corrected chi connectivity index (χ3v) is 5.98. The molecule has 8 nitrogen and oxygen atoms in total. The summed E-state index contributed by atoms with van der Waals surface area (Å²) in [7, 11) is 1.87. The van der Waals surface area contributed by atoms with Crippen molar-refractivity contribution in [1.29, 1.82) is 0 Å². The van der Waals surface area contributed by atoms with Crippen LogP contribution >= 0.6 is 23.1 Å². The van der Waals surface area contributed by atoms with E-state index in [-0.39, 0.29) is 18.0 Å². The maximum absolute atomic E-state index is 12.4. The lowest BCUT2D eigenvalue weighted by atomic mass is 10.2. The smallest absolute Gasteiger partial charge is 0.239 e. The Morgan fingerprint density at radius 2 is 2.15 bits per heavy atom. The fourth-order valence-electron chi connectivity index (χ4n) is 2.53. The Morgan fingerprint density at radius 1 is 1.33 bits per heavy atom. The molecule has 0 unspecified atom stereocenters. The predicted molar refractivity (Wildman–Crippen MR) is 103 cm³/mol. The Balaban J connectivity index is 1.48.